The van der Waals surface area contributed by atoms with Crippen LogP contribution in [0, 0.1) is 0 Å². The van der Waals surface area contributed by atoms with Crippen LogP contribution in [0.15, 0.2) is 48.6 Å². The Labute approximate surface area is 363 Å². The van der Waals surface area contributed by atoms with E-state index in [2.05, 4.69) is 62.5 Å². The number of phosphoric acid groups is 1. The molecule has 0 bridgehead atoms. The van der Waals surface area contributed by atoms with Gasteiger partial charge in [-0.15, -0.1) is 0 Å². The number of carbonyl (C=O) groups is 2. The first-order valence-electron chi connectivity index (χ1n) is 24.4. The van der Waals surface area contributed by atoms with E-state index in [1.165, 1.54) is 128 Å². The Kier molecular flexibility index (Phi) is 44.0. The molecule has 59 heavy (non-hydrogen) atoms. The predicted octanol–water partition coefficient (Wildman–Crippen LogP) is 15.7. The molecule has 8 nitrogen and oxygen atoms in total. The lowest BCUT2D eigenvalue weighted by Crippen LogP contribution is -2.29. The fourth-order valence-electron chi connectivity index (χ4n) is 6.75. The molecule has 2 unspecified atom stereocenters. The van der Waals surface area contributed by atoms with Gasteiger partial charge < -0.3 is 14.4 Å². The van der Waals surface area contributed by atoms with E-state index in [4.69, 9.17) is 18.5 Å². The molecule has 0 aliphatic rings. The van der Waals surface area contributed by atoms with Crippen molar-refractivity contribution in [3.05, 3.63) is 48.6 Å². The van der Waals surface area contributed by atoms with E-state index in [1.54, 1.807) is 6.92 Å². The Morgan fingerprint density at radius 2 is 0.814 bits per heavy atom. The summed E-state index contributed by atoms with van der Waals surface area (Å²) in [7, 11) is -4.29. The van der Waals surface area contributed by atoms with Crippen molar-refractivity contribution in [3.63, 3.8) is 0 Å². The molecule has 0 radical (unpaired) electrons. The number of rotatable bonds is 45. The normalized spacial score (nSPS) is 13.6. The maximum absolute atomic E-state index is 12.6. The van der Waals surface area contributed by atoms with Gasteiger partial charge in [0.05, 0.1) is 13.2 Å². The third-order valence-electron chi connectivity index (χ3n) is 10.4. The molecule has 0 aliphatic heterocycles. The Hall–Kier alpha value is -1.99. The molecule has 0 aromatic rings. The number of hydrogen-bond donors (Lipinski definition) is 1. The third kappa shape index (κ3) is 45.4. The molecule has 0 aliphatic carbocycles. The van der Waals surface area contributed by atoms with Crippen LogP contribution in [-0.4, -0.2) is 42.8 Å². The first-order chi connectivity index (χ1) is 28.8. The number of carbonyl (C=O) groups excluding carboxylic acids is 2. The number of allylic oxidation sites excluding steroid dienone is 8. The van der Waals surface area contributed by atoms with Gasteiger partial charge in [-0.1, -0.05) is 184 Å². The lowest BCUT2D eigenvalue weighted by atomic mass is 10.1. The van der Waals surface area contributed by atoms with Crippen molar-refractivity contribution in [2.75, 3.05) is 19.8 Å². The molecule has 0 saturated heterocycles. The number of unbranched alkanes of at least 4 members (excludes halogenated alkanes) is 25. The van der Waals surface area contributed by atoms with E-state index in [0.717, 1.165) is 64.2 Å². The summed E-state index contributed by atoms with van der Waals surface area (Å²) in [6, 6.07) is 0. The molecule has 0 heterocycles. The molecule has 344 valence electrons. The van der Waals surface area contributed by atoms with Crippen LogP contribution in [0.2, 0.25) is 0 Å². The minimum atomic E-state index is -4.29. The summed E-state index contributed by atoms with van der Waals surface area (Å²) >= 11 is 0. The van der Waals surface area contributed by atoms with Gasteiger partial charge in [-0.3, -0.25) is 18.6 Å². The van der Waals surface area contributed by atoms with Gasteiger partial charge >= 0.3 is 19.8 Å². The van der Waals surface area contributed by atoms with E-state index >= 15 is 0 Å². The van der Waals surface area contributed by atoms with Crippen LogP contribution < -0.4 is 0 Å². The van der Waals surface area contributed by atoms with Gasteiger partial charge in [-0.25, -0.2) is 4.57 Å². The molecule has 9 heteroatoms. The van der Waals surface area contributed by atoms with Gasteiger partial charge in [0.25, 0.3) is 0 Å². The SMILES string of the molecule is CCCCCC/C=C\C/C=C\CCCCCCCCCC(=O)OCC(COP(=O)(O)OCC)OC(=O)CCCCCCCCCCC/C=C\C/C=C\CCCCCCC. The third-order valence-corrected chi connectivity index (χ3v) is 11.4. The lowest BCUT2D eigenvalue weighted by molar-refractivity contribution is -0.161. The van der Waals surface area contributed by atoms with E-state index in [1.807, 2.05) is 0 Å². The van der Waals surface area contributed by atoms with E-state index in [0.29, 0.717) is 6.42 Å². The maximum atomic E-state index is 12.6. The Morgan fingerprint density at radius 3 is 1.22 bits per heavy atom. The average Bonchev–Trinajstić information content (AvgIpc) is 3.22. The fourth-order valence-corrected chi connectivity index (χ4v) is 7.50. The summed E-state index contributed by atoms with van der Waals surface area (Å²) in [4.78, 5) is 34.9. The quantitative estimate of drug-likeness (QED) is 0.0279. The van der Waals surface area contributed by atoms with E-state index in [-0.39, 0.29) is 32.0 Å². The molecule has 0 aromatic heterocycles. The number of phosphoric ester groups is 1. The van der Waals surface area contributed by atoms with Crippen LogP contribution in [0.5, 0.6) is 0 Å². The highest BCUT2D eigenvalue weighted by Gasteiger charge is 2.25. The van der Waals surface area contributed by atoms with Gasteiger partial charge in [0.1, 0.15) is 6.61 Å². The standard InChI is InChI=1S/C50H91O8P/c1-4-7-9-11-13-15-17-19-21-23-25-26-27-29-31-33-35-37-39-41-43-45-50(52)58-48(47-57-59(53,54)56-6-3)46-55-49(51)44-42-40-38-36-34-32-30-28-24-22-20-18-16-14-12-10-8-5-2/h16-19,22-25,48H,4-15,20-21,26-47H2,1-3H3,(H,53,54)/b18-16-,19-17-,24-22-,25-23-. The van der Waals surface area contributed by atoms with Crippen molar-refractivity contribution in [2.24, 2.45) is 0 Å². The largest absolute Gasteiger partial charge is 0.472 e. The summed E-state index contributed by atoms with van der Waals surface area (Å²) in [5.74, 6) is -0.807. The van der Waals surface area contributed by atoms with Crippen LogP contribution >= 0.6 is 7.82 Å². The van der Waals surface area contributed by atoms with Crippen LogP contribution in [0.3, 0.4) is 0 Å². The highest BCUT2D eigenvalue weighted by molar-refractivity contribution is 7.47. The molecule has 0 aromatic carbocycles. The highest BCUT2D eigenvalue weighted by atomic mass is 31.2. The molecule has 0 rings (SSSR count). The van der Waals surface area contributed by atoms with Crippen molar-refractivity contribution in [2.45, 2.75) is 239 Å². The zero-order chi connectivity index (χ0) is 43.2. The molecule has 1 N–H and O–H groups in total. The zero-order valence-electron chi connectivity index (χ0n) is 38.4. The van der Waals surface area contributed by atoms with Crippen LogP contribution in [0.1, 0.15) is 233 Å². The second-order valence-electron chi connectivity index (χ2n) is 16.1. The average molecular weight is 851 g/mol. The minimum absolute atomic E-state index is 0.00276. The summed E-state index contributed by atoms with van der Waals surface area (Å²) in [5.41, 5.74) is 0. The van der Waals surface area contributed by atoms with Gasteiger partial charge in [0, 0.05) is 12.8 Å². The zero-order valence-corrected chi connectivity index (χ0v) is 39.3. The van der Waals surface area contributed by atoms with Crippen molar-refractivity contribution in [1.82, 2.24) is 0 Å². The summed E-state index contributed by atoms with van der Waals surface area (Å²) in [6.07, 6.45) is 54.5. The van der Waals surface area contributed by atoms with Crippen LogP contribution in [0.4, 0.5) is 0 Å². The van der Waals surface area contributed by atoms with E-state index < -0.39 is 26.5 Å². The lowest BCUT2D eigenvalue weighted by Gasteiger charge is -2.19. The Morgan fingerprint density at radius 1 is 0.458 bits per heavy atom. The second kappa shape index (κ2) is 45.5. The molecule has 0 saturated carbocycles. The number of ether oxygens (including phenoxy) is 2. The molecule has 2 atom stereocenters. The Balaban J connectivity index is 4.03. The highest BCUT2D eigenvalue weighted by Crippen LogP contribution is 2.43. The van der Waals surface area contributed by atoms with Gasteiger partial charge in [-0.05, 0) is 84.0 Å². The first kappa shape index (κ1) is 57.0. The van der Waals surface area contributed by atoms with E-state index in [9.17, 15) is 19.0 Å². The molecule has 0 amide bonds. The van der Waals surface area contributed by atoms with Crippen LogP contribution in [0.25, 0.3) is 0 Å². The smallest absolute Gasteiger partial charge is 0.462 e. The first-order valence-corrected chi connectivity index (χ1v) is 25.9. The van der Waals surface area contributed by atoms with Gasteiger partial charge in [0.2, 0.25) is 0 Å². The topological polar surface area (TPSA) is 108 Å². The van der Waals surface area contributed by atoms with Crippen molar-refractivity contribution < 1.29 is 37.6 Å². The molecule has 0 fully saturated rings. The number of esters is 2. The predicted molar refractivity (Wildman–Crippen MR) is 249 cm³/mol. The van der Waals surface area contributed by atoms with Crippen molar-refractivity contribution in [1.29, 1.82) is 0 Å². The maximum Gasteiger partial charge on any atom is 0.472 e. The molecular weight excluding hydrogens is 760 g/mol. The number of hydrogen-bond acceptors (Lipinski definition) is 7. The second-order valence-corrected chi connectivity index (χ2v) is 17.6. The van der Waals surface area contributed by atoms with Gasteiger partial charge in [0.15, 0.2) is 6.10 Å². The summed E-state index contributed by atoms with van der Waals surface area (Å²) < 4.78 is 32.8. The summed E-state index contributed by atoms with van der Waals surface area (Å²) in [5, 5.41) is 0. The van der Waals surface area contributed by atoms with Crippen molar-refractivity contribution >= 4 is 19.8 Å². The molecule has 0 spiro atoms. The van der Waals surface area contributed by atoms with Crippen molar-refractivity contribution in [3.8, 4) is 0 Å². The Bertz CT molecular complexity index is 1100. The van der Waals surface area contributed by atoms with Crippen LogP contribution in [-0.2, 0) is 32.7 Å². The van der Waals surface area contributed by atoms with Gasteiger partial charge in [-0.2, -0.15) is 0 Å². The summed E-state index contributed by atoms with van der Waals surface area (Å²) in [6.45, 7) is 5.46. The minimum Gasteiger partial charge on any atom is -0.462 e. The molecular formula is C50H91O8P. The monoisotopic (exact) mass is 851 g/mol. The fraction of sp³-hybridized carbons (Fsp3) is 0.800.